The maximum absolute atomic E-state index is 12.3. The Kier molecular flexibility index (Phi) is 4.65. The Morgan fingerprint density at radius 2 is 1.89 bits per heavy atom. The number of rotatable bonds is 4. The molecule has 0 atom stereocenters. The van der Waals surface area contributed by atoms with Crippen LogP contribution in [0.2, 0.25) is 0 Å². The predicted molar refractivity (Wildman–Crippen MR) is 104 cm³/mol. The van der Waals surface area contributed by atoms with E-state index in [0.29, 0.717) is 5.69 Å². The molecule has 4 rings (SSSR count). The van der Waals surface area contributed by atoms with E-state index in [-0.39, 0.29) is 5.56 Å². The largest absolute Gasteiger partial charge is 0.355 e. The molecule has 0 unspecified atom stereocenters. The normalized spacial score (nSPS) is 13.6. The number of H-pyrrole nitrogens is 1. The summed E-state index contributed by atoms with van der Waals surface area (Å²) < 4.78 is 0. The number of benzene rings is 1. The van der Waals surface area contributed by atoms with Crippen LogP contribution in [-0.4, -0.2) is 34.2 Å². The number of amides is 1. The highest BCUT2D eigenvalue weighted by atomic mass is 16.2. The number of hydrogen-bond acceptors (Lipinski definition) is 5. The van der Waals surface area contributed by atoms with Crippen molar-refractivity contribution in [1.82, 2.24) is 15.2 Å². The standard InChI is InChI=1S/C20H19N5O2/c26-19-16(7-4-10-21-19)20(27)22-15-6-3-5-14(13-15)17-8-9-18(24-23-17)25-11-1-2-12-25/h3-10,13H,1-2,11-12H2,(H,21,26)(H,22,27). The van der Waals surface area contributed by atoms with Gasteiger partial charge in [-0.25, -0.2) is 0 Å². The van der Waals surface area contributed by atoms with Gasteiger partial charge < -0.3 is 15.2 Å². The summed E-state index contributed by atoms with van der Waals surface area (Å²) in [5.41, 5.74) is 1.81. The molecule has 3 heterocycles. The minimum Gasteiger partial charge on any atom is -0.355 e. The van der Waals surface area contributed by atoms with Crippen molar-refractivity contribution in [3.63, 3.8) is 0 Å². The van der Waals surface area contributed by atoms with Gasteiger partial charge in [0.2, 0.25) is 0 Å². The highest BCUT2D eigenvalue weighted by Crippen LogP contribution is 2.23. The van der Waals surface area contributed by atoms with Crippen molar-refractivity contribution in [2.75, 3.05) is 23.3 Å². The molecule has 0 radical (unpaired) electrons. The van der Waals surface area contributed by atoms with Crippen LogP contribution in [0.15, 0.2) is 59.5 Å². The van der Waals surface area contributed by atoms with E-state index in [1.165, 1.54) is 25.1 Å². The Morgan fingerprint density at radius 1 is 1.04 bits per heavy atom. The second kappa shape index (κ2) is 7.41. The Hall–Kier alpha value is -3.48. The van der Waals surface area contributed by atoms with Gasteiger partial charge >= 0.3 is 0 Å². The first kappa shape index (κ1) is 17.0. The highest BCUT2D eigenvalue weighted by molar-refractivity contribution is 6.04. The fourth-order valence-corrected chi connectivity index (χ4v) is 3.15. The Bertz CT molecular complexity index is 1010. The quantitative estimate of drug-likeness (QED) is 0.745. The summed E-state index contributed by atoms with van der Waals surface area (Å²) in [6.45, 7) is 2.04. The average Bonchev–Trinajstić information content (AvgIpc) is 3.23. The van der Waals surface area contributed by atoms with Crippen molar-refractivity contribution in [3.8, 4) is 11.3 Å². The lowest BCUT2D eigenvalue weighted by molar-refractivity contribution is 0.102. The molecule has 7 nitrogen and oxygen atoms in total. The third-order valence-electron chi connectivity index (χ3n) is 4.56. The van der Waals surface area contributed by atoms with Gasteiger partial charge in [0.15, 0.2) is 5.82 Å². The summed E-state index contributed by atoms with van der Waals surface area (Å²) in [5, 5.41) is 11.4. The van der Waals surface area contributed by atoms with Gasteiger partial charge in [0, 0.05) is 30.5 Å². The molecule has 0 bridgehead atoms. The SMILES string of the molecule is O=C(Nc1cccc(-c2ccc(N3CCCC3)nn2)c1)c1ccc[nH]c1=O. The molecule has 136 valence electrons. The molecule has 1 aliphatic rings. The van der Waals surface area contributed by atoms with Crippen molar-refractivity contribution < 1.29 is 4.79 Å². The highest BCUT2D eigenvalue weighted by Gasteiger charge is 2.14. The Labute approximate surface area is 156 Å². The third-order valence-corrected chi connectivity index (χ3v) is 4.56. The van der Waals surface area contributed by atoms with Crippen LogP contribution >= 0.6 is 0 Å². The number of carbonyl (C=O) groups is 1. The number of nitrogens with zero attached hydrogens (tertiary/aromatic N) is 3. The number of nitrogens with one attached hydrogen (secondary N) is 2. The third kappa shape index (κ3) is 3.72. The van der Waals surface area contributed by atoms with Gasteiger partial charge in [0.1, 0.15) is 5.56 Å². The zero-order chi connectivity index (χ0) is 18.6. The Balaban J connectivity index is 1.53. The molecular formula is C20H19N5O2. The van der Waals surface area contributed by atoms with E-state index in [0.717, 1.165) is 30.2 Å². The summed E-state index contributed by atoms with van der Waals surface area (Å²) >= 11 is 0. The molecule has 2 aromatic heterocycles. The topological polar surface area (TPSA) is 91.0 Å². The smallest absolute Gasteiger partial charge is 0.261 e. The number of carbonyl (C=O) groups excluding carboxylic acids is 1. The van der Waals surface area contributed by atoms with Crippen molar-refractivity contribution >= 4 is 17.4 Å². The van der Waals surface area contributed by atoms with Crippen molar-refractivity contribution in [2.24, 2.45) is 0 Å². The monoisotopic (exact) mass is 361 g/mol. The zero-order valence-electron chi connectivity index (χ0n) is 14.7. The van der Waals surface area contributed by atoms with E-state index in [2.05, 4.69) is 25.4 Å². The van der Waals surface area contributed by atoms with Crippen molar-refractivity contribution in [3.05, 3.63) is 70.6 Å². The Morgan fingerprint density at radius 3 is 2.63 bits per heavy atom. The number of aromatic nitrogens is 3. The van der Waals surface area contributed by atoms with Crippen LogP contribution in [0.25, 0.3) is 11.3 Å². The van der Waals surface area contributed by atoms with Gasteiger partial charge in [0.25, 0.3) is 11.5 Å². The molecule has 1 fully saturated rings. The summed E-state index contributed by atoms with van der Waals surface area (Å²) in [6, 6.07) is 14.3. The second-order valence-electron chi connectivity index (χ2n) is 6.42. The minimum absolute atomic E-state index is 0.0673. The van der Waals surface area contributed by atoms with Gasteiger partial charge in [-0.3, -0.25) is 9.59 Å². The average molecular weight is 361 g/mol. The van der Waals surface area contributed by atoms with Crippen LogP contribution in [0.4, 0.5) is 11.5 Å². The van der Waals surface area contributed by atoms with E-state index in [1.54, 1.807) is 12.1 Å². The fourth-order valence-electron chi connectivity index (χ4n) is 3.15. The number of anilines is 2. The maximum atomic E-state index is 12.3. The van der Waals surface area contributed by atoms with Crippen LogP contribution in [0.3, 0.4) is 0 Å². The van der Waals surface area contributed by atoms with Gasteiger partial charge in [-0.2, -0.15) is 0 Å². The summed E-state index contributed by atoms with van der Waals surface area (Å²) in [6.07, 6.45) is 3.87. The second-order valence-corrected chi connectivity index (χ2v) is 6.42. The fraction of sp³-hybridized carbons (Fsp3) is 0.200. The molecule has 1 aliphatic heterocycles. The number of pyridine rings is 1. The van der Waals surface area contributed by atoms with Crippen molar-refractivity contribution in [2.45, 2.75) is 12.8 Å². The zero-order valence-corrected chi connectivity index (χ0v) is 14.7. The van der Waals surface area contributed by atoms with E-state index >= 15 is 0 Å². The van der Waals surface area contributed by atoms with E-state index in [1.807, 2.05) is 30.3 Å². The van der Waals surface area contributed by atoms with Crippen LogP contribution in [0, 0.1) is 0 Å². The lowest BCUT2D eigenvalue weighted by Gasteiger charge is -2.15. The van der Waals surface area contributed by atoms with E-state index in [4.69, 9.17) is 0 Å². The first-order chi connectivity index (χ1) is 13.2. The lowest BCUT2D eigenvalue weighted by Crippen LogP contribution is -2.22. The van der Waals surface area contributed by atoms with E-state index < -0.39 is 11.5 Å². The lowest BCUT2D eigenvalue weighted by atomic mass is 10.1. The van der Waals surface area contributed by atoms with Gasteiger partial charge in [0.05, 0.1) is 5.69 Å². The molecule has 0 saturated carbocycles. The summed E-state index contributed by atoms with van der Waals surface area (Å²) in [7, 11) is 0. The molecule has 0 aliphatic carbocycles. The predicted octanol–water partition coefficient (Wildman–Crippen LogP) is 2.68. The van der Waals surface area contributed by atoms with Crippen molar-refractivity contribution in [1.29, 1.82) is 0 Å². The molecule has 3 aromatic rings. The van der Waals surface area contributed by atoms with Crippen LogP contribution in [0.1, 0.15) is 23.2 Å². The first-order valence-electron chi connectivity index (χ1n) is 8.89. The minimum atomic E-state index is -0.454. The molecule has 0 spiro atoms. The van der Waals surface area contributed by atoms with Crippen LogP contribution in [0.5, 0.6) is 0 Å². The number of hydrogen-bond donors (Lipinski definition) is 2. The first-order valence-corrected chi connectivity index (χ1v) is 8.89. The summed E-state index contributed by atoms with van der Waals surface area (Å²) in [5.74, 6) is 0.438. The van der Waals surface area contributed by atoms with Gasteiger partial charge in [-0.15, -0.1) is 10.2 Å². The van der Waals surface area contributed by atoms with Gasteiger partial charge in [-0.1, -0.05) is 12.1 Å². The molecular weight excluding hydrogens is 342 g/mol. The molecule has 27 heavy (non-hydrogen) atoms. The molecule has 1 amide bonds. The van der Waals surface area contributed by atoms with E-state index in [9.17, 15) is 9.59 Å². The molecule has 2 N–H and O–H groups in total. The molecule has 1 saturated heterocycles. The van der Waals surface area contributed by atoms with Crippen LogP contribution < -0.4 is 15.8 Å². The number of aromatic amines is 1. The van der Waals surface area contributed by atoms with Crippen LogP contribution in [-0.2, 0) is 0 Å². The van der Waals surface area contributed by atoms with Gasteiger partial charge in [-0.05, 0) is 49.2 Å². The molecule has 7 heteroatoms. The summed E-state index contributed by atoms with van der Waals surface area (Å²) in [4.78, 5) is 28.8. The molecule has 1 aromatic carbocycles. The maximum Gasteiger partial charge on any atom is 0.261 e.